The molecule has 0 unspecified atom stereocenters. The first-order valence-electron chi connectivity index (χ1n) is 9.65. The summed E-state index contributed by atoms with van der Waals surface area (Å²) in [5.41, 5.74) is 0.926. The van der Waals surface area contributed by atoms with Gasteiger partial charge in [-0.2, -0.15) is 4.31 Å². The van der Waals surface area contributed by atoms with Gasteiger partial charge in [-0.05, 0) is 46.7 Å². The fraction of sp³-hybridized carbons (Fsp3) is 0.174. The number of carbonyl (C=O) groups is 1. The van der Waals surface area contributed by atoms with Gasteiger partial charge in [0.2, 0.25) is 15.9 Å². The van der Waals surface area contributed by atoms with Crippen LogP contribution in [0.1, 0.15) is 5.56 Å². The first-order valence-corrected chi connectivity index (χ1v) is 11.9. The van der Waals surface area contributed by atoms with E-state index in [-0.39, 0.29) is 23.9 Å². The lowest BCUT2D eigenvalue weighted by atomic mass is 10.1. The van der Waals surface area contributed by atoms with Crippen LogP contribution in [0.4, 0.5) is 0 Å². The van der Waals surface area contributed by atoms with Crippen molar-refractivity contribution < 1.29 is 13.2 Å². The molecule has 1 heterocycles. The average molecular weight is 485 g/mol. The molecule has 1 amide bonds. The van der Waals surface area contributed by atoms with Crippen molar-refractivity contribution in [2.45, 2.75) is 4.90 Å². The lowest BCUT2D eigenvalue weighted by molar-refractivity contribution is -0.127. The first-order chi connectivity index (χ1) is 14.4. The molecule has 0 aliphatic carbocycles. The van der Waals surface area contributed by atoms with Crippen LogP contribution in [0.5, 0.6) is 0 Å². The predicted octanol–water partition coefficient (Wildman–Crippen LogP) is 4.15. The number of hydrogen-bond acceptors (Lipinski definition) is 3. The molecule has 7 heteroatoms. The summed E-state index contributed by atoms with van der Waals surface area (Å²) in [6, 6.07) is 20.6. The van der Waals surface area contributed by atoms with Crippen LogP contribution in [0.25, 0.3) is 16.8 Å². The Morgan fingerprint density at radius 1 is 0.867 bits per heavy atom. The molecule has 0 N–H and O–H groups in total. The highest BCUT2D eigenvalue weighted by atomic mass is 79.9. The molecule has 3 aromatic rings. The Labute approximate surface area is 184 Å². The number of amides is 1. The molecule has 0 aromatic heterocycles. The number of rotatable bonds is 4. The van der Waals surface area contributed by atoms with Crippen molar-refractivity contribution in [2.24, 2.45) is 0 Å². The molecule has 5 nitrogen and oxygen atoms in total. The third-order valence-electron chi connectivity index (χ3n) is 5.18. The summed E-state index contributed by atoms with van der Waals surface area (Å²) in [5, 5.41) is 1.90. The van der Waals surface area contributed by atoms with Gasteiger partial charge in [-0.1, -0.05) is 58.4 Å². The van der Waals surface area contributed by atoms with Crippen molar-refractivity contribution in [3.05, 3.63) is 82.8 Å². The summed E-state index contributed by atoms with van der Waals surface area (Å²) >= 11 is 3.41. The molecule has 154 valence electrons. The number of fused-ring (bicyclic) bond motifs is 1. The molecule has 4 rings (SSSR count). The van der Waals surface area contributed by atoms with Crippen molar-refractivity contribution in [2.75, 3.05) is 26.2 Å². The van der Waals surface area contributed by atoms with E-state index in [1.54, 1.807) is 23.1 Å². The largest absolute Gasteiger partial charge is 0.337 e. The van der Waals surface area contributed by atoms with Gasteiger partial charge in [0, 0.05) is 36.7 Å². The molecule has 0 atom stereocenters. The van der Waals surface area contributed by atoms with Crippen molar-refractivity contribution in [3.63, 3.8) is 0 Å². The number of nitrogens with zero attached hydrogens (tertiary/aromatic N) is 2. The monoisotopic (exact) mass is 484 g/mol. The maximum Gasteiger partial charge on any atom is 0.246 e. The Bertz CT molecular complexity index is 1220. The Morgan fingerprint density at radius 3 is 2.33 bits per heavy atom. The van der Waals surface area contributed by atoms with Crippen LogP contribution in [0.3, 0.4) is 0 Å². The highest BCUT2D eigenvalue weighted by molar-refractivity contribution is 9.10. The Hall–Kier alpha value is -2.48. The number of sulfonamides is 1. The second-order valence-corrected chi connectivity index (χ2v) is 9.98. The third-order valence-corrected chi connectivity index (χ3v) is 7.56. The fourth-order valence-electron chi connectivity index (χ4n) is 3.51. The number of halogens is 1. The van der Waals surface area contributed by atoms with Crippen molar-refractivity contribution in [1.29, 1.82) is 0 Å². The zero-order valence-electron chi connectivity index (χ0n) is 16.2. The highest BCUT2D eigenvalue weighted by Crippen LogP contribution is 2.23. The summed E-state index contributed by atoms with van der Waals surface area (Å²) in [5.74, 6) is -0.113. The molecular weight excluding hydrogens is 464 g/mol. The van der Waals surface area contributed by atoms with E-state index in [2.05, 4.69) is 15.9 Å². The molecule has 30 heavy (non-hydrogen) atoms. The van der Waals surface area contributed by atoms with E-state index in [1.807, 2.05) is 54.6 Å². The standard InChI is InChI=1S/C23H21BrN2O3S/c24-21-7-3-4-18(16-21)8-11-23(27)25-12-14-26(15-13-25)30(28,29)22-10-9-19-5-1-2-6-20(19)17-22/h1-11,16-17H,12-15H2. The van der Waals surface area contributed by atoms with E-state index in [4.69, 9.17) is 0 Å². The van der Waals surface area contributed by atoms with E-state index < -0.39 is 10.0 Å². The van der Waals surface area contributed by atoms with Crippen molar-refractivity contribution >= 4 is 48.7 Å². The minimum Gasteiger partial charge on any atom is -0.337 e. The van der Waals surface area contributed by atoms with Crippen LogP contribution in [-0.4, -0.2) is 49.7 Å². The molecule has 3 aromatic carbocycles. The highest BCUT2D eigenvalue weighted by Gasteiger charge is 2.29. The Balaban J connectivity index is 1.42. The average Bonchev–Trinajstić information content (AvgIpc) is 2.77. The van der Waals surface area contributed by atoms with E-state index in [0.29, 0.717) is 13.1 Å². The van der Waals surface area contributed by atoms with Gasteiger partial charge in [0.15, 0.2) is 0 Å². The molecule has 1 aliphatic rings. The number of hydrogen-bond donors (Lipinski definition) is 0. The van der Waals surface area contributed by atoms with Gasteiger partial charge < -0.3 is 4.90 Å². The topological polar surface area (TPSA) is 57.7 Å². The molecule has 1 aliphatic heterocycles. The van der Waals surface area contributed by atoms with E-state index in [0.717, 1.165) is 20.8 Å². The van der Waals surface area contributed by atoms with E-state index in [1.165, 1.54) is 10.4 Å². The molecule has 0 radical (unpaired) electrons. The number of piperazine rings is 1. The van der Waals surface area contributed by atoms with Crippen LogP contribution in [-0.2, 0) is 14.8 Å². The van der Waals surface area contributed by atoms with Crippen molar-refractivity contribution in [3.8, 4) is 0 Å². The maximum atomic E-state index is 13.1. The van der Waals surface area contributed by atoms with Gasteiger partial charge >= 0.3 is 0 Å². The van der Waals surface area contributed by atoms with Gasteiger partial charge in [-0.15, -0.1) is 0 Å². The van der Waals surface area contributed by atoms with Crippen LogP contribution in [0.2, 0.25) is 0 Å². The van der Waals surface area contributed by atoms with Gasteiger partial charge in [0.05, 0.1) is 4.90 Å². The van der Waals surface area contributed by atoms with Gasteiger partial charge in [-0.25, -0.2) is 8.42 Å². The van der Waals surface area contributed by atoms with Gasteiger partial charge in [-0.3, -0.25) is 4.79 Å². The van der Waals surface area contributed by atoms with E-state index in [9.17, 15) is 13.2 Å². The Morgan fingerprint density at radius 2 is 1.60 bits per heavy atom. The lowest BCUT2D eigenvalue weighted by Crippen LogP contribution is -2.50. The molecule has 1 saturated heterocycles. The predicted molar refractivity (Wildman–Crippen MR) is 122 cm³/mol. The molecule has 0 spiro atoms. The lowest BCUT2D eigenvalue weighted by Gasteiger charge is -2.33. The minimum absolute atomic E-state index is 0.113. The third kappa shape index (κ3) is 4.48. The second kappa shape index (κ2) is 8.71. The maximum absolute atomic E-state index is 13.1. The zero-order chi connectivity index (χ0) is 21.1. The summed E-state index contributed by atoms with van der Waals surface area (Å²) < 4.78 is 28.5. The summed E-state index contributed by atoms with van der Waals surface area (Å²) in [6.45, 7) is 1.31. The molecule has 0 saturated carbocycles. The summed E-state index contributed by atoms with van der Waals surface area (Å²) in [6.07, 6.45) is 3.31. The number of carbonyl (C=O) groups excluding carboxylic acids is 1. The van der Waals surface area contributed by atoms with E-state index >= 15 is 0 Å². The van der Waals surface area contributed by atoms with Crippen LogP contribution in [0, 0.1) is 0 Å². The smallest absolute Gasteiger partial charge is 0.246 e. The zero-order valence-corrected chi connectivity index (χ0v) is 18.6. The summed E-state index contributed by atoms with van der Waals surface area (Å²) in [4.78, 5) is 14.5. The summed E-state index contributed by atoms with van der Waals surface area (Å²) in [7, 11) is -3.59. The minimum atomic E-state index is -3.59. The van der Waals surface area contributed by atoms with Gasteiger partial charge in [0.1, 0.15) is 0 Å². The Kier molecular flexibility index (Phi) is 6.04. The second-order valence-electron chi connectivity index (χ2n) is 7.13. The molecular formula is C23H21BrN2O3S. The molecule has 0 bridgehead atoms. The quantitative estimate of drug-likeness (QED) is 0.522. The molecule has 1 fully saturated rings. The number of benzene rings is 3. The van der Waals surface area contributed by atoms with Crippen LogP contribution in [0.15, 0.2) is 82.2 Å². The van der Waals surface area contributed by atoms with Crippen LogP contribution >= 0.6 is 15.9 Å². The SMILES string of the molecule is O=C(C=Cc1cccc(Br)c1)N1CCN(S(=O)(=O)c2ccc3ccccc3c2)CC1. The van der Waals surface area contributed by atoms with Crippen molar-refractivity contribution in [1.82, 2.24) is 9.21 Å². The first kappa shape index (κ1) is 20.8. The normalized spacial score (nSPS) is 15.7. The van der Waals surface area contributed by atoms with Gasteiger partial charge in [0.25, 0.3) is 0 Å². The van der Waals surface area contributed by atoms with Crippen LogP contribution < -0.4 is 0 Å². The fourth-order valence-corrected chi connectivity index (χ4v) is 5.38.